The van der Waals surface area contributed by atoms with E-state index >= 15 is 0 Å². The minimum absolute atomic E-state index is 0.228. The van der Waals surface area contributed by atoms with Crippen LogP contribution in [0.25, 0.3) is 0 Å². The maximum Gasteiger partial charge on any atom is 0.410 e. The molecule has 1 aliphatic rings. The SMILES string of the molecule is CC(C)(C)OC(=O)N1CCC(S(=O)(=O)c2ncc(S(N)(=O)=O)s2)CC1. The second kappa shape index (κ2) is 6.82. The third-order valence-corrected chi connectivity index (χ3v) is 8.61. The predicted octanol–water partition coefficient (Wildman–Crippen LogP) is 0.964. The fourth-order valence-corrected chi connectivity index (χ4v) is 6.23. The van der Waals surface area contributed by atoms with Crippen molar-refractivity contribution in [1.29, 1.82) is 0 Å². The predicted molar refractivity (Wildman–Crippen MR) is 91.5 cm³/mol. The third kappa shape index (κ3) is 4.90. The van der Waals surface area contributed by atoms with E-state index in [9.17, 15) is 21.6 Å². The summed E-state index contributed by atoms with van der Waals surface area (Å²) in [4.78, 5) is 17.2. The summed E-state index contributed by atoms with van der Waals surface area (Å²) < 4.78 is 52.5. The Kier molecular flexibility index (Phi) is 5.47. The maximum absolute atomic E-state index is 12.6. The van der Waals surface area contributed by atoms with Gasteiger partial charge in [-0.3, -0.25) is 0 Å². The number of amides is 1. The highest BCUT2D eigenvalue weighted by atomic mass is 32.3. The minimum atomic E-state index is -3.99. The number of carbonyl (C=O) groups excluding carboxylic acids is 1. The van der Waals surface area contributed by atoms with Gasteiger partial charge < -0.3 is 9.64 Å². The Labute approximate surface area is 151 Å². The normalized spacial score (nSPS) is 17.5. The summed E-state index contributed by atoms with van der Waals surface area (Å²) in [6.45, 7) is 5.76. The van der Waals surface area contributed by atoms with Crippen LogP contribution in [0.4, 0.5) is 4.79 Å². The van der Waals surface area contributed by atoms with E-state index in [-0.39, 0.29) is 34.5 Å². The number of thiazole rings is 1. The molecule has 9 nitrogen and oxygen atoms in total. The highest BCUT2D eigenvalue weighted by Crippen LogP contribution is 2.29. The molecular formula is C13H21N3O6S3. The number of ether oxygens (including phenoxy) is 1. The van der Waals surface area contributed by atoms with Crippen LogP contribution in [0.1, 0.15) is 33.6 Å². The van der Waals surface area contributed by atoms with Gasteiger partial charge in [-0.2, -0.15) is 0 Å². The van der Waals surface area contributed by atoms with Crippen molar-refractivity contribution in [1.82, 2.24) is 9.88 Å². The lowest BCUT2D eigenvalue weighted by Crippen LogP contribution is -2.44. The lowest BCUT2D eigenvalue weighted by atomic mass is 10.1. The summed E-state index contributed by atoms with van der Waals surface area (Å²) in [5, 5.41) is 4.25. The number of primary sulfonamides is 1. The van der Waals surface area contributed by atoms with Crippen LogP contribution in [0, 0.1) is 0 Å². The molecule has 0 aliphatic carbocycles. The molecule has 0 atom stereocenters. The molecule has 2 rings (SSSR count). The number of nitrogens with two attached hydrogens (primary N) is 1. The number of likely N-dealkylation sites (tertiary alicyclic amines) is 1. The lowest BCUT2D eigenvalue weighted by Gasteiger charge is -2.32. The first-order valence-electron chi connectivity index (χ1n) is 7.51. The van der Waals surface area contributed by atoms with E-state index in [1.807, 2.05) is 0 Å². The van der Waals surface area contributed by atoms with Crippen molar-refractivity contribution < 1.29 is 26.4 Å². The highest BCUT2D eigenvalue weighted by Gasteiger charge is 2.36. The number of hydrogen-bond donors (Lipinski definition) is 1. The monoisotopic (exact) mass is 411 g/mol. The van der Waals surface area contributed by atoms with Gasteiger partial charge in [-0.15, -0.1) is 0 Å². The van der Waals surface area contributed by atoms with Crippen LogP contribution in [0.2, 0.25) is 0 Å². The third-order valence-electron chi connectivity index (χ3n) is 3.52. The Balaban J connectivity index is 2.07. The Morgan fingerprint density at radius 1 is 1.28 bits per heavy atom. The summed E-state index contributed by atoms with van der Waals surface area (Å²) in [6.07, 6.45) is 0.926. The average molecular weight is 412 g/mol. The standard InChI is InChI=1S/C13H21N3O6S3/c1-13(2,3)22-12(17)16-6-4-9(5-7-16)24(18,19)11-15-8-10(23-11)25(14,20)21/h8-9H,4-7H2,1-3H3,(H2,14,20,21). The fourth-order valence-electron chi connectivity index (χ4n) is 2.32. The number of rotatable bonds is 3. The van der Waals surface area contributed by atoms with Crippen molar-refractivity contribution in [3.05, 3.63) is 6.20 Å². The van der Waals surface area contributed by atoms with Gasteiger partial charge in [-0.25, -0.2) is 31.8 Å². The van der Waals surface area contributed by atoms with E-state index in [1.54, 1.807) is 20.8 Å². The topological polar surface area (TPSA) is 137 Å². The van der Waals surface area contributed by atoms with Gasteiger partial charge in [0.15, 0.2) is 4.21 Å². The van der Waals surface area contributed by atoms with Gasteiger partial charge in [0.05, 0.1) is 11.4 Å². The van der Waals surface area contributed by atoms with Gasteiger partial charge in [0.1, 0.15) is 5.60 Å². The Morgan fingerprint density at radius 3 is 2.28 bits per heavy atom. The number of aromatic nitrogens is 1. The van der Waals surface area contributed by atoms with Crippen molar-refractivity contribution in [2.24, 2.45) is 5.14 Å². The second-order valence-electron chi connectivity index (χ2n) is 6.70. The molecule has 1 fully saturated rings. The van der Waals surface area contributed by atoms with Crippen LogP contribution in [0.15, 0.2) is 14.7 Å². The van der Waals surface area contributed by atoms with Crippen molar-refractivity contribution in [3.63, 3.8) is 0 Å². The quantitative estimate of drug-likeness (QED) is 0.782. The van der Waals surface area contributed by atoms with Gasteiger partial charge >= 0.3 is 6.09 Å². The summed E-state index contributed by atoms with van der Waals surface area (Å²) in [7, 11) is -7.77. The zero-order chi connectivity index (χ0) is 19.0. The molecule has 1 aromatic heterocycles. The average Bonchev–Trinajstić information content (AvgIpc) is 2.96. The highest BCUT2D eigenvalue weighted by molar-refractivity contribution is 7.95. The zero-order valence-corrected chi connectivity index (χ0v) is 16.6. The van der Waals surface area contributed by atoms with E-state index in [4.69, 9.17) is 9.88 Å². The number of piperidine rings is 1. The van der Waals surface area contributed by atoms with Crippen molar-refractivity contribution in [2.75, 3.05) is 13.1 Å². The first-order valence-corrected chi connectivity index (χ1v) is 11.4. The Hall–Kier alpha value is -1.24. The molecule has 1 amide bonds. The molecule has 0 unspecified atom stereocenters. The van der Waals surface area contributed by atoms with Crippen LogP contribution < -0.4 is 5.14 Å². The molecule has 142 valence electrons. The van der Waals surface area contributed by atoms with Crippen LogP contribution in [0.3, 0.4) is 0 Å². The van der Waals surface area contributed by atoms with Crippen LogP contribution in [0.5, 0.6) is 0 Å². The van der Waals surface area contributed by atoms with E-state index in [0.29, 0.717) is 11.3 Å². The van der Waals surface area contributed by atoms with Gasteiger partial charge in [-0.05, 0) is 33.6 Å². The summed E-state index contributed by atoms with van der Waals surface area (Å²) in [5.74, 6) is 0. The van der Waals surface area contributed by atoms with Crippen molar-refractivity contribution in [3.8, 4) is 0 Å². The number of nitrogens with zero attached hydrogens (tertiary/aromatic N) is 2. The molecule has 1 saturated heterocycles. The van der Waals surface area contributed by atoms with Gasteiger partial charge in [0.25, 0.3) is 0 Å². The van der Waals surface area contributed by atoms with Crippen LogP contribution in [-0.4, -0.2) is 56.8 Å². The summed E-state index contributed by atoms with van der Waals surface area (Å²) >= 11 is 0.538. The molecule has 0 aromatic carbocycles. The first kappa shape index (κ1) is 20.1. The molecule has 0 radical (unpaired) electrons. The number of carbonyl (C=O) groups is 1. The molecule has 1 aromatic rings. The fraction of sp³-hybridized carbons (Fsp3) is 0.692. The van der Waals surface area contributed by atoms with Gasteiger partial charge in [0.2, 0.25) is 24.2 Å². The van der Waals surface area contributed by atoms with Crippen LogP contribution in [-0.2, 0) is 24.6 Å². The van der Waals surface area contributed by atoms with E-state index in [0.717, 1.165) is 6.20 Å². The second-order valence-corrected chi connectivity index (χ2v) is 11.9. The van der Waals surface area contributed by atoms with Gasteiger partial charge in [-0.1, -0.05) is 11.3 Å². The zero-order valence-electron chi connectivity index (χ0n) is 14.1. The summed E-state index contributed by atoms with van der Waals surface area (Å²) in [6, 6.07) is 0. The Bertz CT molecular complexity index is 846. The lowest BCUT2D eigenvalue weighted by molar-refractivity contribution is 0.0217. The van der Waals surface area contributed by atoms with Crippen LogP contribution >= 0.6 is 11.3 Å². The van der Waals surface area contributed by atoms with Crippen molar-refractivity contribution in [2.45, 2.75) is 53.0 Å². The Morgan fingerprint density at radius 2 is 1.84 bits per heavy atom. The molecule has 2 N–H and O–H groups in total. The molecular weight excluding hydrogens is 390 g/mol. The number of sulfonamides is 1. The molecule has 0 spiro atoms. The molecule has 25 heavy (non-hydrogen) atoms. The molecule has 0 bridgehead atoms. The largest absolute Gasteiger partial charge is 0.444 e. The molecule has 2 heterocycles. The van der Waals surface area contributed by atoms with Gasteiger partial charge in [0, 0.05) is 13.1 Å². The van der Waals surface area contributed by atoms with E-state index in [2.05, 4.69) is 4.98 Å². The molecule has 12 heteroatoms. The first-order chi connectivity index (χ1) is 11.3. The van der Waals surface area contributed by atoms with Crippen molar-refractivity contribution >= 4 is 37.3 Å². The van der Waals surface area contributed by atoms with E-state index < -0.39 is 36.8 Å². The summed E-state index contributed by atoms with van der Waals surface area (Å²) in [5.41, 5.74) is -0.620. The number of sulfone groups is 1. The number of hydrogen-bond acceptors (Lipinski definition) is 8. The van der Waals surface area contributed by atoms with E-state index in [1.165, 1.54) is 4.90 Å². The molecule has 0 saturated carbocycles. The minimum Gasteiger partial charge on any atom is -0.444 e. The maximum atomic E-state index is 12.6. The smallest absolute Gasteiger partial charge is 0.410 e. The molecule has 1 aliphatic heterocycles.